The molecule has 1 saturated heterocycles. The Labute approximate surface area is 252 Å². The third-order valence-electron chi connectivity index (χ3n) is 7.23. The maximum Gasteiger partial charge on any atom is 0.473 e. The van der Waals surface area contributed by atoms with Gasteiger partial charge in [-0.3, -0.25) is 13.8 Å². The number of phosphoric ester groups is 1. The van der Waals surface area contributed by atoms with Gasteiger partial charge in [-0.1, -0.05) is 30.9 Å². The van der Waals surface area contributed by atoms with E-state index in [1.807, 2.05) is 38.1 Å². The van der Waals surface area contributed by atoms with Crippen molar-refractivity contribution in [3.8, 4) is 11.8 Å². The van der Waals surface area contributed by atoms with E-state index in [1.54, 1.807) is 20.8 Å². The Morgan fingerprint density at radius 2 is 1.88 bits per heavy atom. The zero-order valence-corrected chi connectivity index (χ0v) is 27.0. The third kappa shape index (κ3) is 11.7. The summed E-state index contributed by atoms with van der Waals surface area (Å²) in [5.74, 6) is 6.97. The molecule has 3 rings (SSSR count). The fourth-order valence-electron chi connectivity index (χ4n) is 5.30. The van der Waals surface area contributed by atoms with Crippen LogP contribution >= 0.6 is 7.82 Å². The van der Waals surface area contributed by atoms with Crippen LogP contribution in [0.3, 0.4) is 0 Å². The summed E-state index contributed by atoms with van der Waals surface area (Å²) in [4.78, 5) is 23.2. The summed E-state index contributed by atoms with van der Waals surface area (Å²) < 4.78 is 41.3. The smallest absolute Gasteiger partial charge is 0.376 e. The second-order valence-electron chi connectivity index (χ2n) is 12.5. The predicted molar refractivity (Wildman–Crippen MR) is 162 cm³/mol. The lowest BCUT2D eigenvalue weighted by Crippen LogP contribution is -2.39. The highest BCUT2D eigenvalue weighted by Crippen LogP contribution is 2.51. The molecule has 1 aromatic rings. The lowest BCUT2D eigenvalue weighted by Gasteiger charge is -2.28. The van der Waals surface area contributed by atoms with Gasteiger partial charge in [-0.2, -0.15) is 0 Å². The largest absolute Gasteiger partial charge is 0.473 e. The molecule has 0 spiro atoms. The normalized spacial score (nSPS) is 26.1. The summed E-state index contributed by atoms with van der Waals surface area (Å²) in [5, 5.41) is 2.98. The van der Waals surface area contributed by atoms with Crippen molar-refractivity contribution in [1.29, 1.82) is 0 Å². The molecule has 236 valence electrons. The average Bonchev–Trinajstić information content (AvgIpc) is 3.20. The Kier molecular flexibility index (Phi) is 13.5. The van der Waals surface area contributed by atoms with Gasteiger partial charge in [0, 0.05) is 31.6 Å². The van der Waals surface area contributed by atoms with E-state index in [1.165, 1.54) is 31.9 Å². The monoisotopic (exact) mass is 607 g/mol. The second-order valence-corrected chi connectivity index (χ2v) is 13.8. The van der Waals surface area contributed by atoms with Gasteiger partial charge in [-0.15, -0.1) is 5.92 Å². The highest BCUT2D eigenvalue weighted by atomic mass is 31.2. The third-order valence-corrected chi connectivity index (χ3v) is 8.51. The number of amides is 1. The number of ether oxygens (including phenoxy) is 3. The minimum absolute atomic E-state index is 0.0552. The molecular weight excluding hydrogens is 557 g/mol. The van der Waals surface area contributed by atoms with Crippen molar-refractivity contribution in [2.24, 2.45) is 5.92 Å². The fourth-order valence-corrected chi connectivity index (χ4v) is 6.60. The van der Waals surface area contributed by atoms with Gasteiger partial charge in [0.1, 0.15) is 18.3 Å². The van der Waals surface area contributed by atoms with Gasteiger partial charge in [0.05, 0.1) is 24.4 Å². The summed E-state index contributed by atoms with van der Waals surface area (Å²) in [5.41, 5.74) is 0.937. The first-order chi connectivity index (χ1) is 19.9. The molecule has 10 heteroatoms. The molecule has 0 radical (unpaired) electrons. The summed E-state index contributed by atoms with van der Waals surface area (Å²) in [7, 11) is -2.88. The molecule has 1 heterocycles. The molecule has 1 aliphatic carbocycles. The Morgan fingerprint density at radius 1 is 1.14 bits per heavy atom. The molecule has 2 N–H and O–H groups in total. The van der Waals surface area contributed by atoms with Crippen molar-refractivity contribution in [1.82, 2.24) is 5.32 Å². The molecule has 0 saturated carbocycles. The molecular formula is C32H50NO8P. The Morgan fingerprint density at radius 3 is 2.55 bits per heavy atom. The maximum atomic E-state index is 12.8. The zero-order chi connectivity index (χ0) is 30.8. The number of rotatable bonds is 14. The van der Waals surface area contributed by atoms with Crippen LogP contribution in [0.25, 0.3) is 0 Å². The molecule has 0 bridgehead atoms. The van der Waals surface area contributed by atoms with Gasteiger partial charge in [-0.25, -0.2) is 4.57 Å². The van der Waals surface area contributed by atoms with Gasteiger partial charge in [0.2, 0.25) is 0 Å². The summed E-state index contributed by atoms with van der Waals surface area (Å²) >= 11 is 0. The molecule has 0 aromatic heterocycles. The minimum atomic E-state index is -4.40. The molecule has 1 aromatic carbocycles. The quantitative estimate of drug-likeness (QED) is 0.154. The van der Waals surface area contributed by atoms with Gasteiger partial charge in [0.25, 0.3) is 5.91 Å². The molecule has 1 amide bonds. The van der Waals surface area contributed by atoms with E-state index in [9.17, 15) is 14.3 Å². The van der Waals surface area contributed by atoms with Crippen LogP contribution in [0.5, 0.6) is 0 Å². The molecule has 1 aliphatic heterocycles. The number of phosphoric acid groups is 1. The van der Waals surface area contributed by atoms with Crippen LogP contribution in [-0.4, -0.2) is 67.2 Å². The van der Waals surface area contributed by atoms with E-state index in [-0.39, 0.29) is 18.6 Å². The molecule has 6 atom stereocenters. The Hall–Kier alpha value is -1.76. The van der Waals surface area contributed by atoms with E-state index < -0.39 is 37.8 Å². The standard InChI is InChI=1S/C32H50NO8P/c1-23(2)38-22-28-30(40-42(35,36)41-32(3,4)5)29(37-6)27(39-28)15-12-20-33-31(34)26-18-16-25(17-19-26)21-24-13-10-8-7-9-11-14-24/h16-19,23-24,27-30H,7-10,12-13,15,20-22H2,1-6H3,(H,33,34)(H,35,36)/t24?,27-,28+,29+,30?/m0/s1. The number of benzene rings is 1. The van der Waals surface area contributed by atoms with Crippen molar-refractivity contribution in [2.45, 2.75) is 122 Å². The number of methoxy groups -OCH3 is 1. The highest BCUT2D eigenvalue weighted by Gasteiger charge is 2.49. The first-order valence-electron chi connectivity index (χ1n) is 15.2. The van der Waals surface area contributed by atoms with Crippen LogP contribution in [0.1, 0.15) is 95.5 Å². The zero-order valence-electron chi connectivity index (χ0n) is 26.1. The van der Waals surface area contributed by atoms with Crippen molar-refractivity contribution in [2.75, 3.05) is 20.3 Å². The van der Waals surface area contributed by atoms with Gasteiger partial charge in [-0.05, 0) is 84.4 Å². The number of carbonyl (C=O) groups is 1. The first-order valence-corrected chi connectivity index (χ1v) is 16.7. The van der Waals surface area contributed by atoms with E-state index in [0.717, 1.165) is 19.3 Å². The molecule has 9 nitrogen and oxygen atoms in total. The van der Waals surface area contributed by atoms with Crippen LogP contribution < -0.4 is 5.32 Å². The Bertz CT molecular complexity index is 1090. The molecule has 42 heavy (non-hydrogen) atoms. The summed E-state index contributed by atoms with van der Waals surface area (Å²) in [6, 6.07) is 7.79. The number of carbonyl (C=O) groups excluding carboxylic acids is 1. The molecule has 1 fully saturated rings. The maximum absolute atomic E-state index is 12.8. The SMILES string of the molecule is CO[C@H]1C(OP(=O)(O)OC(C)(C)C)[C@@H](COC(C)C)O[C@H]1CCCNC(=O)c1ccc(CC2C#CCCCCC2)cc1. The number of hydrogen-bond donors (Lipinski definition) is 2. The van der Waals surface area contributed by atoms with E-state index in [4.69, 9.17) is 23.3 Å². The van der Waals surface area contributed by atoms with Crippen molar-refractivity contribution >= 4 is 13.7 Å². The molecule has 2 aliphatic rings. The van der Waals surface area contributed by atoms with Gasteiger partial charge < -0.3 is 24.4 Å². The van der Waals surface area contributed by atoms with Crippen molar-refractivity contribution < 1.29 is 37.5 Å². The predicted octanol–water partition coefficient (Wildman–Crippen LogP) is 5.83. The minimum Gasteiger partial charge on any atom is -0.376 e. The van der Waals surface area contributed by atoms with Crippen molar-refractivity contribution in [3.63, 3.8) is 0 Å². The lowest BCUT2D eigenvalue weighted by atomic mass is 9.92. The number of nitrogens with one attached hydrogen (secondary N) is 1. The summed E-state index contributed by atoms with van der Waals surface area (Å²) in [6.07, 6.45) is 5.33. The van der Waals surface area contributed by atoms with E-state index >= 15 is 0 Å². The molecule has 3 unspecified atom stereocenters. The van der Waals surface area contributed by atoms with Gasteiger partial charge in [0.15, 0.2) is 0 Å². The van der Waals surface area contributed by atoms with E-state index in [2.05, 4.69) is 17.2 Å². The first kappa shape index (κ1) is 34.7. The van der Waals surface area contributed by atoms with Crippen molar-refractivity contribution in [3.05, 3.63) is 35.4 Å². The lowest BCUT2D eigenvalue weighted by molar-refractivity contribution is -0.0625. The van der Waals surface area contributed by atoms with Crippen LogP contribution in [0, 0.1) is 17.8 Å². The summed E-state index contributed by atoms with van der Waals surface area (Å²) in [6.45, 7) is 9.46. The topological polar surface area (TPSA) is 113 Å². The highest BCUT2D eigenvalue weighted by molar-refractivity contribution is 7.47. The van der Waals surface area contributed by atoms with Gasteiger partial charge >= 0.3 is 7.82 Å². The van der Waals surface area contributed by atoms with Crippen LogP contribution in [-0.2, 0) is 34.2 Å². The second kappa shape index (κ2) is 16.4. The van der Waals surface area contributed by atoms with Crippen LogP contribution in [0.4, 0.5) is 0 Å². The fraction of sp³-hybridized carbons (Fsp3) is 0.719. The number of hydrogen-bond acceptors (Lipinski definition) is 7. The Balaban J connectivity index is 1.52. The average molecular weight is 608 g/mol. The van der Waals surface area contributed by atoms with Crippen LogP contribution in [0.2, 0.25) is 0 Å². The van der Waals surface area contributed by atoms with Crippen LogP contribution in [0.15, 0.2) is 24.3 Å². The van der Waals surface area contributed by atoms with E-state index in [0.29, 0.717) is 30.9 Å².